The SMILES string of the molecule is CCC(NC1COC1)c1ccco1. The topological polar surface area (TPSA) is 34.4 Å². The molecule has 0 spiro atoms. The molecule has 2 heterocycles. The van der Waals surface area contributed by atoms with Gasteiger partial charge in [0, 0.05) is 0 Å². The molecule has 2 rings (SSSR count). The van der Waals surface area contributed by atoms with Crippen LogP contribution in [0.25, 0.3) is 0 Å². The van der Waals surface area contributed by atoms with Crippen molar-refractivity contribution in [3.63, 3.8) is 0 Å². The predicted octanol–water partition coefficient (Wildman–Crippen LogP) is 1.72. The minimum atomic E-state index is 0.337. The van der Waals surface area contributed by atoms with Gasteiger partial charge in [-0.25, -0.2) is 0 Å². The lowest BCUT2D eigenvalue weighted by Gasteiger charge is -2.30. The van der Waals surface area contributed by atoms with Gasteiger partial charge >= 0.3 is 0 Å². The van der Waals surface area contributed by atoms with Crippen LogP contribution in [0.4, 0.5) is 0 Å². The minimum absolute atomic E-state index is 0.337. The van der Waals surface area contributed by atoms with Crippen LogP contribution >= 0.6 is 0 Å². The molecule has 1 unspecified atom stereocenters. The van der Waals surface area contributed by atoms with Gasteiger partial charge in [0.1, 0.15) is 5.76 Å². The lowest BCUT2D eigenvalue weighted by molar-refractivity contribution is -0.0114. The first-order valence-electron chi connectivity index (χ1n) is 4.77. The number of ether oxygens (including phenoxy) is 1. The fourth-order valence-electron chi connectivity index (χ4n) is 1.51. The van der Waals surface area contributed by atoms with E-state index in [0.29, 0.717) is 12.1 Å². The van der Waals surface area contributed by atoms with Crippen molar-refractivity contribution in [2.24, 2.45) is 0 Å². The van der Waals surface area contributed by atoms with E-state index in [1.165, 1.54) is 0 Å². The number of rotatable bonds is 4. The van der Waals surface area contributed by atoms with Crippen molar-refractivity contribution < 1.29 is 9.15 Å². The van der Waals surface area contributed by atoms with Gasteiger partial charge in [-0.2, -0.15) is 0 Å². The Labute approximate surface area is 78.1 Å². The van der Waals surface area contributed by atoms with E-state index < -0.39 is 0 Å². The third kappa shape index (κ3) is 1.92. The molecule has 3 nitrogen and oxygen atoms in total. The largest absolute Gasteiger partial charge is 0.468 e. The third-order valence-corrected chi connectivity index (χ3v) is 2.37. The summed E-state index contributed by atoms with van der Waals surface area (Å²) >= 11 is 0. The summed E-state index contributed by atoms with van der Waals surface area (Å²) < 4.78 is 10.5. The summed E-state index contributed by atoms with van der Waals surface area (Å²) in [6, 6.07) is 4.79. The molecule has 0 aromatic carbocycles. The number of nitrogens with one attached hydrogen (secondary N) is 1. The van der Waals surface area contributed by atoms with Gasteiger partial charge in [0.15, 0.2) is 0 Å². The molecule has 1 N–H and O–H groups in total. The number of hydrogen-bond donors (Lipinski definition) is 1. The Morgan fingerprint density at radius 3 is 2.92 bits per heavy atom. The predicted molar refractivity (Wildman–Crippen MR) is 49.5 cm³/mol. The average molecular weight is 181 g/mol. The first kappa shape index (κ1) is 8.78. The van der Waals surface area contributed by atoms with Crippen molar-refractivity contribution >= 4 is 0 Å². The molecule has 1 aromatic heterocycles. The van der Waals surface area contributed by atoms with E-state index in [1.807, 2.05) is 12.1 Å². The van der Waals surface area contributed by atoms with Crippen LogP contribution in [0, 0.1) is 0 Å². The molecule has 0 aliphatic carbocycles. The molecule has 1 atom stereocenters. The molecule has 0 amide bonds. The fourth-order valence-corrected chi connectivity index (χ4v) is 1.51. The van der Waals surface area contributed by atoms with E-state index >= 15 is 0 Å². The highest BCUT2D eigenvalue weighted by Gasteiger charge is 2.22. The van der Waals surface area contributed by atoms with E-state index in [1.54, 1.807) is 6.26 Å². The molecule has 1 fully saturated rings. The molecule has 13 heavy (non-hydrogen) atoms. The molecular formula is C10H15NO2. The monoisotopic (exact) mass is 181 g/mol. The second kappa shape index (κ2) is 3.94. The molecule has 1 saturated heterocycles. The molecule has 1 aliphatic rings. The highest BCUT2D eigenvalue weighted by molar-refractivity contribution is 5.04. The van der Waals surface area contributed by atoms with Gasteiger partial charge < -0.3 is 14.5 Å². The van der Waals surface area contributed by atoms with Crippen molar-refractivity contribution in [3.8, 4) is 0 Å². The van der Waals surface area contributed by atoms with Crippen LogP contribution in [0.15, 0.2) is 22.8 Å². The molecule has 1 aliphatic heterocycles. The average Bonchev–Trinajstić information content (AvgIpc) is 2.55. The maximum atomic E-state index is 5.35. The first-order valence-corrected chi connectivity index (χ1v) is 4.77. The maximum Gasteiger partial charge on any atom is 0.120 e. The van der Waals surface area contributed by atoms with Crippen molar-refractivity contribution in [1.29, 1.82) is 0 Å². The zero-order chi connectivity index (χ0) is 9.10. The van der Waals surface area contributed by atoms with Crippen molar-refractivity contribution in [1.82, 2.24) is 5.32 Å². The maximum absolute atomic E-state index is 5.35. The van der Waals surface area contributed by atoms with Crippen LogP contribution in [0.2, 0.25) is 0 Å². The summed E-state index contributed by atoms with van der Waals surface area (Å²) in [6.07, 6.45) is 2.76. The van der Waals surface area contributed by atoms with Gasteiger partial charge in [-0.1, -0.05) is 6.92 Å². The van der Waals surface area contributed by atoms with E-state index in [4.69, 9.17) is 9.15 Å². The Balaban J connectivity index is 1.92. The van der Waals surface area contributed by atoms with Crippen LogP contribution in [0.3, 0.4) is 0 Å². The molecule has 0 bridgehead atoms. The first-order chi connectivity index (χ1) is 6.40. The molecular weight excluding hydrogens is 166 g/mol. The fraction of sp³-hybridized carbons (Fsp3) is 0.600. The minimum Gasteiger partial charge on any atom is -0.468 e. The second-order valence-electron chi connectivity index (χ2n) is 3.38. The molecule has 1 aromatic rings. The highest BCUT2D eigenvalue weighted by atomic mass is 16.5. The van der Waals surface area contributed by atoms with Crippen molar-refractivity contribution in [2.45, 2.75) is 25.4 Å². The van der Waals surface area contributed by atoms with E-state index in [-0.39, 0.29) is 0 Å². The highest BCUT2D eigenvalue weighted by Crippen LogP contribution is 2.18. The van der Waals surface area contributed by atoms with Crippen LogP contribution in [0.1, 0.15) is 25.1 Å². The zero-order valence-electron chi connectivity index (χ0n) is 7.82. The van der Waals surface area contributed by atoms with Gasteiger partial charge in [-0.05, 0) is 18.6 Å². The van der Waals surface area contributed by atoms with Crippen LogP contribution < -0.4 is 5.32 Å². The number of hydrogen-bond acceptors (Lipinski definition) is 3. The Bertz CT molecular complexity index is 241. The Morgan fingerprint density at radius 1 is 1.62 bits per heavy atom. The summed E-state index contributed by atoms with van der Waals surface area (Å²) in [5, 5.41) is 3.49. The number of furan rings is 1. The van der Waals surface area contributed by atoms with E-state index in [0.717, 1.165) is 25.4 Å². The summed E-state index contributed by atoms with van der Waals surface area (Å²) in [6.45, 7) is 3.81. The summed E-state index contributed by atoms with van der Waals surface area (Å²) in [7, 11) is 0. The summed E-state index contributed by atoms with van der Waals surface area (Å²) in [4.78, 5) is 0. The Morgan fingerprint density at radius 2 is 2.46 bits per heavy atom. The van der Waals surface area contributed by atoms with Crippen LogP contribution in [-0.4, -0.2) is 19.3 Å². The molecule has 0 saturated carbocycles. The lowest BCUT2D eigenvalue weighted by atomic mass is 10.1. The third-order valence-electron chi connectivity index (χ3n) is 2.37. The van der Waals surface area contributed by atoms with Crippen molar-refractivity contribution in [3.05, 3.63) is 24.2 Å². The summed E-state index contributed by atoms with van der Waals surface area (Å²) in [5.74, 6) is 1.02. The molecule has 3 heteroatoms. The van der Waals surface area contributed by atoms with E-state index in [9.17, 15) is 0 Å². The second-order valence-corrected chi connectivity index (χ2v) is 3.38. The summed E-state index contributed by atoms with van der Waals surface area (Å²) in [5.41, 5.74) is 0. The van der Waals surface area contributed by atoms with Gasteiger partial charge in [0.05, 0.1) is 31.6 Å². The zero-order valence-corrected chi connectivity index (χ0v) is 7.82. The van der Waals surface area contributed by atoms with Gasteiger partial charge in [0.2, 0.25) is 0 Å². The van der Waals surface area contributed by atoms with Crippen LogP contribution in [0.5, 0.6) is 0 Å². The van der Waals surface area contributed by atoms with Gasteiger partial charge in [0.25, 0.3) is 0 Å². The smallest absolute Gasteiger partial charge is 0.120 e. The van der Waals surface area contributed by atoms with Gasteiger partial charge in [-0.15, -0.1) is 0 Å². The lowest BCUT2D eigenvalue weighted by Crippen LogP contribution is -2.47. The van der Waals surface area contributed by atoms with Crippen LogP contribution in [-0.2, 0) is 4.74 Å². The molecule has 0 radical (unpaired) electrons. The standard InChI is InChI=1S/C10H15NO2/c1-2-9(10-4-3-5-13-10)11-8-6-12-7-8/h3-5,8-9,11H,2,6-7H2,1H3. The molecule has 72 valence electrons. The Hall–Kier alpha value is -0.800. The van der Waals surface area contributed by atoms with Crippen molar-refractivity contribution in [2.75, 3.05) is 13.2 Å². The van der Waals surface area contributed by atoms with Gasteiger partial charge in [-0.3, -0.25) is 0 Å². The normalized spacial score (nSPS) is 19.8. The Kier molecular flexibility index (Phi) is 2.66. The quantitative estimate of drug-likeness (QED) is 0.768. The van der Waals surface area contributed by atoms with E-state index in [2.05, 4.69) is 12.2 Å².